The Morgan fingerprint density at radius 2 is 1.94 bits per heavy atom. The van der Waals surface area contributed by atoms with Gasteiger partial charge >= 0.3 is 0 Å². The summed E-state index contributed by atoms with van der Waals surface area (Å²) in [4.78, 5) is 24.6. The van der Waals surface area contributed by atoms with Crippen LogP contribution in [0.1, 0.15) is 46.7 Å². The largest absolute Gasteiger partial charge is 0.497 e. The number of amides is 1. The molecule has 1 saturated heterocycles. The first-order valence-corrected chi connectivity index (χ1v) is 11.7. The standard InChI is InChI=1S/C26H33N5O3/c1-17-12-18(2)28-26(27-17)31-20(4)24(19(3)29-31)14-25(32)30(16-23-10-7-11-34-23)15-21-8-6-9-22(13-21)33-5/h6,8-9,12-13,23H,7,10-11,14-16H2,1-5H3. The van der Waals surface area contributed by atoms with Gasteiger partial charge in [-0.25, -0.2) is 14.6 Å². The first-order valence-electron chi connectivity index (χ1n) is 11.7. The Morgan fingerprint density at radius 1 is 1.18 bits per heavy atom. The molecule has 1 fully saturated rings. The lowest BCUT2D eigenvalue weighted by Crippen LogP contribution is -2.38. The van der Waals surface area contributed by atoms with E-state index in [9.17, 15) is 4.79 Å². The highest BCUT2D eigenvalue weighted by molar-refractivity contribution is 5.79. The van der Waals surface area contributed by atoms with Crippen LogP contribution in [-0.4, -0.2) is 56.9 Å². The van der Waals surface area contributed by atoms with E-state index in [1.54, 1.807) is 11.8 Å². The van der Waals surface area contributed by atoms with Crippen molar-refractivity contribution < 1.29 is 14.3 Å². The van der Waals surface area contributed by atoms with Gasteiger partial charge in [0.15, 0.2) is 0 Å². The Hall–Kier alpha value is -3.26. The molecule has 0 aliphatic carbocycles. The van der Waals surface area contributed by atoms with Crippen LogP contribution in [0.25, 0.3) is 5.95 Å². The molecule has 3 aromatic rings. The van der Waals surface area contributed by atoms with Gasteiger partial charge in [-0.15, -0.1) is 0 Å². The van der Waals surface area contributed by atoms with Crippen LogP contribution in [0.15, 0.2) is 30.3 Å². The average Bonchev–Trinajstić information content (AvgIpc) is 3.41. The van der Waals surface area contributed by atoms with E-state index in [1.807, 2.05) is 62.9 Å². The predicted molar refractivity (Wildman–Crippen MR) is 129 cm³/mol. The molecule has 34 heavy (non-hydrogen) atoms. The number of rotatable bonds is 8. The van der Waals surface area contributed by atoms with Crippen molar-refractivity contribution in [1.29, 1.82) is 0 Å². The summed E-state index contributed by atoms with van der Waals surface area (Å²) in [6.07, 6.45) is 2.34. The summed E-state index contributed by atoms with van der Waals surface area (Å²) in [5.74, 6) is 1.36. The van der Waals surface area contributed by atoms with Crippen LogP contribution in [-0.2, 0) is 22.5 Å². The molecule has 3 heterocycles. The number of nitrogens with zero attached hydrogens (tertiary/aromatic N) is 5. The van der Waals surface area contributed by atoms with Crippen LogP contribution < -0.4 is 4.74 Å². The van der Waals surface area contributed by atoms with Crippen LogP contribution in [0, 0.1) is 27.7 Å². The average molecular weight is 464 g/mol. The number of carbonyl (C=O) groups is 1. The highest BCUT2D eigenvalue weighted by Gasteiger charge is 2.25. The van der Waals surface area contributed by atoms with Gasteiger partial charge in [0.1, 0.15) is 5.75 Å². The van der Waals surface area contributed by atoms with Gasteiger partial charge in [-0.2, -0.15) is 5.10 Å². The molecule has 0 N–H and O–H groups in total. The Kier molecular flexibility index (Phi) is 7.26. The summed E-state index contributed by atoms with van der Waals surface area (Å²) in [6, 6.07) is 9.78. The number of carbonyl (C=O) groups excluding carboxylic acids is 1. The molecule has 0 bridgehead atoms. The topological polar surface area (TPSA) is 82.4 Å². The summed E-state index contributed by atoms with van der Waals surface area (Å²) in [6.45, 7) is 9.61. The summed E-state index contributed by atoms with van der Waals surface area (Å²) in [7, 11) is 1.65. The zero-order chi connectivity index (χ0) is 24.2. The van der Waals surface area contributed by atoms with Gasteiger partial charge in [0.2, 0.25) is 5.91 Å². The molecule has 0 radical (unpaired) electrons. The van der Waals surface area contributed by atoms with Crippen molar-refractivity contribution >= 4 is 5.91 Å². The van der Waals surface area contributed by atoms with Crippen molar-refractivity contribution in [2.24, 2.45) is 0 Å². The molecule has 1 aliphatic rings. The minimum atomic E-state index is 0.0467. The van der Waals surface area contributed by atoms with E-state index in [1.165, 1.54) is 0 Å². The smallest absolute Gasteiger partial charge is 0.251 e. The highest BCUT2D eigenvalue weighted by Crippen LogP contribution is 2.21. The lowest BCUT2D eigenvalue weighted by molar-refractivity contribution is -0.132. The molecule has 1 atom stereocenters. The summed E-state index contributed by atoms with van der Waals surface area (Å²) in [5, 5.41) is 4.66. The first-order chi connectivity index (χ1) is 16.3. The molecule has 1 unspecified atom stereocenters. The van der Waals surface area contributed by atoms with Crippen molar-refractivity contribution in [3.05, 3.63) is 64.2 Å². The minimum Gasteiger partial charge on any atom is -0.497 e. The SMILES string of the molecule is COc1cccc(CN(CC2CCCO2)C(=O)Cc2c(C)nn(-c3nc(C)cc(C)n3)c2C)c1. The molecular formula is C26H33N5O3. The number of benzene rings is 1. The maximum atomic E-state index is 13.6. The van der Waals surface area contributed by atoms with Crippen molar-refractivity contribution in [3.8, 4) is 11.7 Å². The Morgan fingerprint density at radius 3 is 2.62 bits per heavy atom. The van der Waals surface area contributed by atoms with Crippen molar-refractivity contribution in [2.45, 2.75) is 59.6 Å². The number of ether oxygens (including phenoxy) is 2. The minimum absolute atomic E-state index is 0.0467. The lowest BCUT2D eigenvalue weighted by Gasteiger charge is -2.26. The van der Waals surface area contributed by atoms with Crippen molar-refractivity contribution in [3.63, 3.8) is 0 Å². The van der Waals surface area contributed by atoms with Gasteiger partial charge in [-0.05, 0) is 64.3 Å². The number of aryl methyl sites for hydroxylation is 3. The zero-order valence-corrected chi connectivity index (χ0v) is 20.7. The zero-order valence-electron chi connectivity index (χ0n) is 20.7. The number of methoxy groups -OCH3 is 1. The van der Waals surface area contributed by atoms with Crippen LogP contribution in [0.5, 0.6) is 5.75 Å². The van der Waals surface area contributed by atoms with E-state index in [-0.39, 0.29) is 18.4 Å². The maximum absolute atomic E-state index is 13.6. The normalized spacial score (nSPS) is 15.5. The van der Waals surface area contributed by atoms with Crippen molar-refractivity contribution in [1.82, 2.24) is 24.6 Å². The van der Waals surface area contributed by atoms with Crippen LogP contribution in [0.4, 0.5) is 0 Å². The number of hydrogen-bond donors (Lipinski definition) is 0. The van der Waals surface area contributed by atoms with E-state index in [0.29, 0.717) is 19.0 Å². The third-order valence-corrected chi connectivity index (χ3v) is 6.24. The van der Waals surface area contributed by atoms with Gasteiger partial charge in [0.05, 0.1) is 25.3 Å². The van der Waals surface area contributed by atoms with Gasteiger partial charge in [0, 0.05) is 42.3 Å². The Bertz CT molecular complexity index is 1150. The summed E-state index contributed by atoms with van der Waals surface area (Å²) < 4.78 is 13.0. The first kappa shape index (κ1) is 23.9. The van der Waals surface area contributed by atoms with Crippen LogP contribution in [0.2, 0.25) is 0 Å². The fourth-order valence-electron chi connectivity index (χ4n) is 4.47. The van der Waals surface area contributed by atoms with E-state index in [0.717, 1.165) is 59.1 Å². The molecule has 0 spiro atoms. The second-order valence-electron chi connectivity index (χ2n) is 8.95. The van der Waals surface area contributed by atoms with E-state index in [4.69, 9.17) is 9.47 Å². The number of hydrogen-bond acceptors (Lipinski definition) is 6. The monoisotopic (exact) mass is 463 g/mol. The molecule has 4 rings (SSSR count). The van der Waals surface area contributed by atoms with Crippen LogP contribution >= 0.6 is 0 Å². The fraction of sp³-hybridized carbons (Fsp3) is 0.462. The van der Waals surface area contributed by atoms with Gasteiger partial charge in [0.25, 0.3) is 5.95 Å². The molecule has 2 aromatic heterocycles. The third-order valence-electron chi connectivity index (χ3n) is 6.24. The third kappa shape index (κ3) is 5.44. The molecule has 8 heteroatoms. The maximum Gasteiger partial charge on any atom is 0.251 e. The molecule has 1 aliphatic heterocycles. The van der Waals surface area contributed by atoms with E-state index < -0.39 is 0 Å². The molecule has 1 amide bonds. The summed E-state index contributed by atoms with van der Waals surface area (Å²) in [5.41, 5.74) is 5.40. The van der Waals surface area contributed by atoms with Gasteiger partial charge in [-0.1, -0.05) is 12.1 Å². The van der Waals surface area contributed by atoms with Gasteiger partial charge in [-0.3, -0.25) is 4.79 Å². The second-order valence-corrected chi connectivity index (χ2v) is 8.95. The van der Waals surface area contributed by atoms with E-state index >= 15 is 0 Å². The highest BCUT2D eigenvalue weighted by atomic mass is 16.5. The second kappa shape index (κ2) is 10.3. The Balaban J connectivity index is 1.58. The number of aromatic nitrogens is 4. The lowest BCUT2D eigenvalue weighted by atomic mass is 10.1. The van der Waals surface area contributed by atoms with Crippen molar-refractivity contribution in [2.75, 3.05) is 20.3 Å². The quantitative estimate of drug-likeness (QED) is 0.507. The molecule has 0 saturated carbocycles. The molecule has 8 nitrogen and oxygen atoms in total. The van der Waals surface area contributed by atoms with E-state index in [2.05, 4.69) is 15.1 Å². The Labute approximate surface area is 200 Å². The molecule has 180 valence electrons. The van der Waals surface area contributed by atoms with Crippen LogP contribution in [0.3, 0.4) is 0 Å². The molecular weight excluding hydrogens is 430 g/mol. The summed E-state index contributed by atoms with van der Waals surface area (Å²) >= 11 is 0. The molecule has 1 aromatic carbocycles. The fourth-order valence-corrected chi connectivity index (χ4v) is 4.47. The predicted octanol–water partition coefficient (Wildman–Crippen LogP) is 3.65. The van der Waals surface area contributed by atoms with Gasteiger partial charge < -0.3 is 14.4 Å².